The summed E-state index contributed by atoms with van der Waals surface area (Å²) in [5.74, 6) is -1.93. The molecule has 0 aromatic heterocycles. The first-order valence-corrected chi connectivity index (χ1v) is 5.10. The highest BCUT2D eigenvalue weighted by molar-refractivity contribution is 6.42. The van der Waals surface area contributed by atoms with Gasteiger partial charge >= 0.3 is 12.1 Å². The van der Waals surface area contributed by atoms with Crippen molar-refractivity contribution in [3.8, 4) is 0 Å². The number of carboxylic acids is 1. The molecular weight excluding hydrogens is 265 g/mol. The van der Waals surface area contributed by atoms with Gasteiger partial charge in [0.1, 0.15) is 0 Å². The van der Waals surface area contributed by atoms with Crippen LogP contribution in [-0.2, 0) is 15.8 Å². The van der Waals surface area contributed by atoms with Crippen LogP contribution < -0.4 is 5.01 Å². The molecule has 0 saturated carbocycles. The zero-order chi connectivity index (χ0) is 14.2. The first-order chi connectivity index (χ1) is 8.79. The molecule has 1 aliphatic rings. The number of rotatable bonds is 2. The van der Waals surface area contributed by atoms with Gasteiger partial charge in [0.25, 0.3) is 5.91 Å². The Bertz CT molecular complexity index is 564. The molecule has 1 aliphatic heterocycles. The van der Waals surface area contributed by atoms with Gasteiger partial charge in [0, 0.05) is 0 Å². The van der Waals surface area contributed by atoms with Crippen molar-refractivity contribution in [1.82, 2.24) is 0 Å². The highest BCUT2D eigenvalue weighted by atomic mass is 19.4. The molecule has 19 heavy (non-hydrogen) atoms. The van der Waals surface area contributed by atoms with Crippen LogP contribution >= 0.6 is 0 Å². The molecule has 0 spiro atoms. The molecule has 5 nitrogen and oxygen atoms in total. The Kier molecular flexibility index (Phi) is 3.01. The maximum Gasteiger partial charge on any atom is 0.416 e. The van der Waals surface area contributed by atoms with Crippen LogP contribution in [-0.4, -0.2) is 22.7 Å². The van der Waals surface area contributed by atoms with Crippen LogP contribution in [0.2, 0.25) is 0 Å². The third-order valence-electron chi connectivity index (χ3n) is 2.46. The van der Waals surface area contributed by atoms with Crippen molar-refractivity contribution < 1.29 is 27.9 Å². The fourth-order valence-electron chi connectivity index (χ4n) is 1.54. The van der Waals surface area contributed by atoms with Crippen molar-refractivity contribution in [2.24, 2.45) is 5.10 Å². The van der Waals surface area contributed by atoms with Gasteiger partial charge in [0.15, 0.2) is 5.71 Å². The fraction of sp³-hybridized carbons (Fsp3) is 0.182. The summed E-state index contributed by atoms with van der Waals surface area (Å²) in [5.41, 5.74) is -1.11. The lowest BCUT2D eigenvalue weighted by Gasteiger charge is -2.13. The standard InChI is InChI=1S/C11H7F3N2O3/c12-11(13,14)6-1-3-7(4-2-6)16-9(17)5-8(15-16)10(18)19/h1-4H,5H2,(H,18,19). The molecular formula is C11H7F3N2O3. The molecule has 0 saturated heterocycles. The van der Waals surface area contributed by atoms with Crippen LogP contribution in [0.25, 0.3) is 0 Å². The van der Waals surface area contributed by atoms with E-state index in [1.807, 2.05) is 0 Å². The van der Waals surface area contributed by atoms with Crippen molar-refractivity contribution in [3.63, 3.8) is 0 Å². The monoisotopic (exact) mass is 272 g/mol. The number of carbonyl (C=O) groups excluding carboxylic acids is 1. The quantitative estimate of drug-likeness (QED) is 0.893. The van der Waals surface area contributed by atoms with Crippen LogP contribution in [0, 0.1) is 0 Å². The maximum absolute atomic E-state index is 12.4. The maximum atomic E-state index is 12.4. The van der Waals surface area contributed by atoms with Crippen molar-refractivity contribution in [2.75, 3.05) is 5.01 Å². The van der Waals surface area contributed by atoms with Crippen LogP contribution in [0.1, 0.15) is 12.0 Å². The summed E-state index contributed by atoms with van der Waals surface area (Å²) in [6.07, 6.45) is -4.85. The molecule has 1 aromatic rings. The van der Waals surface area contributed by atoms with E-state index in [0.717, 1.165) is 29.3 Å². The number of carboxylic acid groups (broad SMARTS) is 1. The predicted octanol–water partition coefficient (Wildman–Crippen LogP) is 1.88. The summed E-state index contributed by atoms with van der Waals surface area (Å²) in [6.45, 7) is 0. The number of amides is 1. The number of nitrogens with zero attached hydrogens (tertiary/aromatic N) is 2. The Morgan fingerprint density at radius 1 is 1.26 bits per heavy atom. The van der Waals surface area contributed by atoms with Crippen LogP contribution in [0.15, 0.2) is 29.4 Å². The summed E-state index contributed by atoms with van der Waals surface area (Å²) < 4.78 is 37.1. The minimum atomic E-state index is -4.47. The summed E-state index contributed by atoms with van der Waals surface area (Å²) in [6, 6.07) is 3.73. The van der Waals surface area contributed by atoms with Gasteiger partial charge in [-0.05, 0) is 24.3 Å². The van der Waals surface area contributed by atoms with Crippen LogP contribution in [0.3, 0.4) is 0 Å². The molecule has 100 valence electrons. The zero-order valence-corrected chi connectivity index (χ0v) is 9.31. The second-order valence-electron chi connectivity index (χ2n) is 3.78. The molecule has 1 N–H and O–H groups in total. The normalized spacial score (nSPS) is 15.6. The number of hydrogen-bond donors (Lipinski definition) is 1. The first-order valence-electron chi connectivity index (χ1n) is 5.10. The summed E-state index contributed by atoms with van der Waals surface area (Å²) in [7, 11) is 0. The Morgan fingerprint density at radius 3 is 2.26 bits per heavy atom. The van der Waals surface area contributed by atoms with E-state index < -0.39 is 23.6 Å². The minimum Gasteiger partial charge on any atom is -0.477 e. The molecule has 0 unspecified atom stereocenters. The highest BCUT2D eigenvalue weighted by Crippen LogP contribution is 2.31. The molecule has 1 amide bonds. The summed E-state index contributed by atoms with van der Waals surface area (Å²) >= 11 is 0. The Hall–Kier alpha value is -2.38. The molecule has 0 radical (unpaired) electrons. The van der Waals surface area contributed by atoms with Crippen LogP contribution in [0.5, 0.6) is 0 Å². The topological polar surface area (TPSA) is 70.0 Å². The van der Waals surface area contributed by atoms with Gasteiger partial charge in [-0.15, -0.1) is 0 Å². The second kappa shape index (κ2) is 4.38. The average Bonchev–Trinajstić information content (AvgIpc) is 2.70. The molecule has 8 heteroatoms. The summed E-state index contributed by atoms with van der Waals surface area (Å²) in [4.78, 5) is 22.1. The number of hydrogen-bond acceptors (Lipinski definition) is 3. The van der Waals surface area contributed by atoms with E-state index in [1.165, 1.54) is 0 Å². The van der Waals surface area contributed by atoms with Crippen molar-refractivity contribution >= 4 is 23.3 Å². The summed E-state index contributed by atoms with van der Waals surface area (Å²) in [5, 5.41) is 13.0. The number of benzene rings is 1. The number of aliphatic carboxylic acids is 1. The molecule has 1 heterocycles. The van der Waals surface area contributed by atoms with Crippen molar-refractivity contribution in [1.29, 1.82) is 0 Å². The first kappa shape index (κ1) is 13.1. The van der Waals surface area contributed by atoms with E-state index in [2.05, 4.69) is 5.10 Å². The van der Waals surface area contributed by atoms with Gasteiger partial charge in [0.05, 0.1) is 17.7 Å². The van der Waals surface area contributed by atoms with E-state index in [-0.39, 0.29) is 17.8 Å². The van der Waals surface area contributed by atoms with Crippen molar-refractivity contribution in [3.05, 3.63) is 29.8 Å². The van der Waals surface area contributed by atoms with Crippen LogP contribution in [0.4, 0.5) is 18.9 Å². The average molecular weight is 272 g/mol. The fourth-order valence-corrected chi connectivity index (χ4v) is 1.54. The van der Waals surface area contributed by atoms with E-state index in [9.17, 15) is 22.8 Å². The molecule has 0 atom stereocenters. The zero-order valence-electron chi connectivity index (χ0n) is 9.31. The van der Waals surface area contributed by atoms with Gasteiger partial charge in [-0.2, -0.15) is 23.3 Å². The molecule has 0 bridgehead atoms. The van der Waals surface area contributed by atoms with E-state index in [1.54, 1.807) is 0 Å². The Morgan fingerprint density at radius 2 is 1.84 bits per heavy atom. The molecule has 0 aliphatic carbocycles. The number of alkyl halides is 3. The Balaban J connectivity index is 2.28. The predicted molar refractivity (Wildman–Crippen MR) is 58.6 cm³/mol. The third-order valence-corrected chi connectivity index (χ3v) is 2.46. The smallest absolute Gasteiger partial charge is 0.416 e. The van der Waals surface area contributed by atoms with Gasteiger partial charge in [-0.3, -0.25) is 4.79 Å². The lowest BCUT2D eigenvalue weighted by atomic mass is 10.2. The number of carbonyl (C=O) groups is 2. The van der Waals surface area contributed by atoms with E-state index >= 15 is 0 Å². The van der Waals surface area contributed by atoms with E-state index in [4.69, 9.17) is 5.11 Å². The number of anilines is 1. The second-order valence-corrected chi connectivity index (χ2v) is 3.78. The molecule has 1 aromatic carbocycles. The molecule has 2 rings (SSSR count). The van der Waals surface area contributed by atoms with E-state index in [0.29, 0.717) is 0 Å². The lowest BCUT2D eigenvalue weighted by molar-refractivity contribution is -0.137. The van der Waals surface area contributed by atoms with Gasteiger partial charge in [-0.1, -0.05) is 0 Å². The van der Waals surface area contributed by atoms with Gasteiger partial charge < -0.3 is 5.11 Å². The third kappa shape index (κ3) is 2.56. The largest absolute Gasteiger partial charge is 0.477 e. The highest BCUT2D eigenvalue weighted by Gasteiger charge is 2.32. The Labute approximate surface area is 104 Å². The number of halogens is 3. The van der Waals surface area contributed by atoms with Crippen molar-refractivity contribution in [2.45, 2.75) is 12.6 Å². The van der Waals surface area contributed by atoms with Gasteiger partial charge in [0.2, 0.25) is 0 Å². The molecule has 0 fully saturated rings. The SMILES string of the molecule is O=C(O)C1=NN(c2ccc(C(F)(F)F)cc2)C(=O)C1. The van der Waals surface area contributed by atoms with Gasteiger partial charge in [-0.25, -0.2) is 4.79 Å². The minimum absolute atomic E-state index is 0.0919. The number of hydrazone groups is 1. The lowest BCUT2D eigenvalue weighted by Crippen LogP contribution is -2.19.